The maximum absolute atomic E-state index is 4.44. The summed E-state index contributed by atoms with van der Waals surface area (Å²) in [5.41, 5.74) is 1.12. The number of hydrogen-bond acceptors (Lipinski definition) is 5. The van der Waals surface area contributed by atoms with Crippen molar-refractivity contribution in [1.29, 1.82) is 0 Å². The predicted octanol–water partition coefficient (Wildman–Crippen LogP) is 0.974. The Hall–Kier alpha value is -1.20. The molecular formula is C14H25N5. The number of likely N-dealkylation sites (tertiary alicyclic amines) is 1. The van der Waals surface area contributed by atoms with Crippen LogP contribution in [-0.4, -0.2) is 55.6 Å². The molecule has 1 N–H and O–H groups in total. The molecule has 1 aliphatic rings. The van der Waals surface area contributed by atoms with Gasteiger partial charge in [-0.25, -0.2) is 9.97 Å². The molecule has 0 unspecified atom stereocenters. The van der Waals surface area contributed by atoms with Gasteiger partial charge in [0.1, 0.15) is 0 Å². The van der Waals surface area contributed by atoms with E-state index in [1.165, 1.54) is 25.9 Å². The predicted molar refractivity (Wildman–Crippen MR) is 78.3 cm³/mol. The lowest BCUT2D eigenvalue weighted by Crippen LogP contribution is -2.36. The van der Waals surface area contributed by atoms with Crippen LogP contribution in [0.3, 0.4) is 0 Å². The second kappa shape index (κ2) is 6.82. The molecular weight excluding hydrogens is 238 g/mol. The molecule has 1 fully saturated rings. The van der Waals surface area contributed by atoms with Crippen molar-refractivity contribution in [3.63, 3.8) is 0 Å². The first-order valence-corrected chi connectivity index (χ1v) is 7.04. The SMILES string of the molecule is CNCc1cnc(N(C)CC2CCN(C)CC2)nc1. The molecule has 1 aliphatic heterocycles. The minimum atomic E-state index is 0.766. The zero-order valence-electron chi connectivity index (χ0n) is 12.3. The maximum Gasteiger partial charge on any atom is 0.225 e. The summed E-state index contributed by atoms with van der Waals surface area (Å²) in [7, 11) is 6.22. The number of piperidine rings is 1. The maximum atomic E-state index is 4.44. The van der Waals surface area contributed by atoms with Crippen LogP contribution in [0, 0.1) is 5.92 Å². The van der Waals surface area contributed by atoms with Crippen LogP contribution in [0.15, 0.2) is 12.4 Å². The standard InChI is InChI=1S/C14H25N5/c1-15-8-13-9-16-14(17-10-13)19(3)11-12-4-6-18(2)7-5-12/h9-10,12,15H,4-8,11H2,1-3H3. The van der Waals surface area contributed by atoms with E-state index in [0.29, 0.717) is 0 Å². The Morgan fingerprint density at radius 2 is 1.95 bits per heavy atom. The molecule has 0 aliphatic carbocycles. The molecule has 5 heteroatoms. The van der Waals surface area contributed by atoms with Crippen molar-refractivity contribution in [3.05, 3.63) is 18.0 Å². The average molecular weight is 263 g/mol. The van der Waals surface area contributed by atoms with Crippen molar-refractivity contribution >= 4 is 5.95 Å². The molecule has 5 nitrogen and oxygen atoms in total. The second-order valence-electron chi connectivity index (χ2n) is 5.55. The number of rotatable bonds is 5. The summed E-state index contributed by atoms with van der Waals surface area (Å²) in [6.45, 7) is 4.29. The van der Waals surface area contributed by atoms with Gasteiger partial charge in [-0.15, -0.1) is 0 Å². The number of anilines is 1. The normalized spacial score (nSPS) is 17.6. The van der Waals surface area contributed by atoms with Crippen molar-refractivity contribution in [2.75, 3.05) is 45.7 Å². The van der Waals surface area contributed by atoms with Crippen molar-refractivity contribution in [2.45, 2.75) is 19.4 Å². The topological polar surface area (TPSA) is 44.3 Å². The lowest BCUT2D eigenvalue weighted by atomic mass is 9.97. The van der Waals surface area contributed by atoms with Gasteiger partial charge in [0.15, 0.2) is 0 Å². The molecule has 2 rings (SSSR count). The van der Waals surface area contributed by atoms with Gasteiger partial charge < -0.3 is 15.1 Å². The lowest BCUT2D eigenvalue weighted by Gasteiger charge is -2.31. The average Bonchev–Trinajstić information content (AvgIpc) is 2.42. The van der Waals surface area contributed by atoms with Crippen molar-refractivity contribution in [2.24, 2.45) is 5.92 Å². The van der Waals surface area contributed by atoms with Crippen molar-refractivity contribution in [1.82, 2.24) is 20.2 Å². The zero-order valence-corrected chi connectivity index (χ0v) is 12.3. The zero-order chi connectivity index (χ0) is 13.7. The Morgan fingerprint density at radius 3 is 2.53 bits per heavy atom. The van der Waals surface area contributed by atoms with Crippen LogP contribution >= 0.6 is 0 Å². The van der Waals surface area contributed by atoms with Gasteiger partial charge in [-0.05, 0) is 45.9 Å². The summed E-state index contributed by atoms with van der Waals surface area (Å²) in [6.07, 6.45) is 6.37. The fraction of sp³-hybridized carbons (Fsp3) is 0.714. The Kier molecular flexibility index (Phi) is 5.10. The van der Waals surface area contributed by atoms with E-state index in [1.54, 1.807) is 0 Å². The molecule has 1 aromatic heterocycles. The molecule has 0 bridgehead atoms. The van der Waals surface area contributed by atoms with E-state index in [9.17, 15) is 0 Å². The summed E-state index contributed by atoms with van der Waals surface area (Å²) < 4.78 is 0. The van der Waals surface area contributed by atoms with Gasteiger partial charge in [-0.3, -0.25) is 0 Å². The Morgan fingerprint density at radius 1 is 1.32 bits per heavy atom. The van der Waals surface area contributed by atoms with Crippen LogP contribution < -0.4 is 10.2 Å². The quantitative estimate of drug-likeness (QED) is 0.858. The number of nitrogens with one attached hydrogen (secondary N) is 1. The van der Waals surface area contributed by atoms with E-state index < -0.39 is 0 Å². The Bertz CT molecular complexity index is 370. The molecule has 0 saturated carbocycles. The molecule has 0 amide bonds. The van der Waals surface area contributed by atoms with Crippen LogP contribution in [0.2, 0.25) is 0 Å². The minimum Gasteiger partial charge on any atom is -0.344 e. The molecule has 0 spiro atoms. The molecule has 0 radical (unpaired) electrons. The first kappa shape index (κ1) is 14.2. The lowest BCUT2D eigenvalue weighted by molar-refractivity contribution is 0.222. The van der Waals surface area contributed by atoms with Gasteiger partial charge in [0.2, 0.25) is 5.95 Å². The van der Waals surface area contributed by atoms with Crippen molar-refractivity contribution < 1.29 is 0 Å². The van der Waals surface area contributed by atoms with Gasteiger partial charge in [0.25, 0.3) is 0 Å². The first-order chi connectivity index (χ1) is 9.19. The van der Waals surface area contributed by atoms with Gasteiger partial charge in [0, 0.05) is 38.1 Å². The van der Waals surface area contributed by atoms with Crippen LogP contribution in [0.5, 0.6) is 0 Å². The van der Waals surface area contributed by atoms with E-state index in [4.69, 9.17) is 0 Å². The highest BCUT2D eigenvalue weighted by Gasteiger charge is 2.19. The van der Waals surface area contributed by atoms with E-state index in [1.807, 2.05) is 19.4 Å². The fourth-order valence-corrected chi connectivity index (χ4v) is 2.55. The van der Waals surface area contributed by atoms with Crippen LogP contribution in [0.4, 0.5) is 5.95 Å². The molecule has 19 heavy (non-hydrogen) atoms. The van der Waals surface area contributed by atoms with Crippen molar-refractivity contribution in [3.8, 4) is 0 Å². The monoisotopic (exact) mass is 263 g/mol. The largest absolute Gasteiger partial charge is 0.344 e. The molecule has 1 aromatic rings. The van der Waals surface area contributed by atoms with Crippen LogP contribution in [0.1, 0.15) is 18.4 Å². The Balaban J connectivity index is 1.86. The number of aromatic nitrogens is 2. The van der Waals surface area contributed by atoms with Crippen LogP contribution in [0.25, 0.3) is 0 Å². The second-order valence-corrected chi connectivity index (χ2v) is 5.55. The molecule has 106 valence electrons. The van der Waals surface area contributed by atoms with Gasteiger partial charge in [0.05, 0.1) is 0 Å². The van der Waals surface area contributed by atoms with Gasteiger partial charge in [-0.1, -0.05) is 0 Å². The van der Waals surface area contributed by atoms with Crippen LogP contribution in [-0.2, 0) is 6.54 Å². The van der Waals surface area contributed by atoms with E-state index in [-0.39, 0.29) is 0 Å². The summed E-state index contributed by atoms with van der Waals surface area (Å²) in [5.74, 6) is 1.60. The highest BCUT2D eigenvalue weighted by molar-refractivity contribution is 5.28. The summed E-state index contributed by atoms with van der Waals surface area (Å²) in [4.78, 5) is 13.5. The van der Waals surface area contributed by atoms with E-state index >= 15 is 0 Å². The summed E-state index contributed by atoms with van der Waals surface area (Å²) >= 11 is 0. The first-order valence-electron chi connectivity index (χ1n) is 7.04. The fourth-order valence-electron chi connectivity index (χ4n) is 2.55. The third-order valence-corrected chi connectivity index (χ3v) is 3.78. The highest BCUT2D eigenvalue weighted by atomic mass is 15.2. The van der Waals surface area contributed by atoms with Gasteiger partial charge in [-0.2, -0.15) is 0 Å². The third kappa shape index (κ3) is 4.14. The molecule has 0 atom stereocenters. The van der Waals surface area contributed by atoms with E-state index in [2.05, 4.69) is 39.2 Å². The minimum absolute atomic E-state index is 0.766. The molecule has 2 heterocycles. The third-order valence-electron chi connectivity index (χ3n) is 3.78. The summed E-state index contributed by atoms with van der Waals surface area (Å²) in [5, 5.41) is 3.10. The molecule has 0 aromatic carbocycles. The summed E-state index contributed by atoms with van der Waals surface area (Å²) in [6, 6.07) is 0. The molecule has 1 saturated heterocycles. The van der Waals surface area contributed by atoms with Gasteiger partial charge >= 0.3 is 0 Å². The van der Waals surface area contributed by atoms with E-state index in [0.717, 1.165) is 30.5 Å². The number of nitrogens with zero attached hydrogens (tertiary/aromatic N) is 4. The number of hydrogen-bond donors (Lipinski definition) is 1. The smallest absolute Gasteiger partial charge is 0.225 e. The Labute approximate surface area is 116 Å². The highest BCUT2D eigenvalue weighted by Crippen LogP contribution is 2.18.